The van der Waals surface area contributed by atoms with E-state index in [-0.39, 0.29) is 6.04 Å². The number of halogens is 1. The zero-order valence-corrected chi connectivity index (χ0v) is 22.3. The molecular weight excluding hydrogens is 478 g/mol. The van der Waals surface area contributed by atoms with E-state index in [1.807, 2.05) is 37.0 Å². The van der Waals surface area contributed by atoms with Crippen molar-refractivity contribution in [2.75, 3.05) is 18.0 Å². The second-order valence-corrected chi connectivity index (χ2v) is 9.12. The largest absolute Gasteiger partial charge is 0.363 e. The molecule has 1 aliphatic heterocycles. The lowest BCUT2D eigenvalue weighted by atomic mass is 10.0. The monoisotopic (exact) mass is 509 g/mol. The highest BCUT2D eigenvalue weighted by atomic mass is 35.5. The molecule has 1 unspecified atom stereocenters. The van der Waals surface area contributed by atoms with Crippen molar-refractivity contribution in [3.8, 4) is 12.1 Å². The standard InChI is InChI=1S/C23H24ClN7S.C3H8/c1-4-27-22-19(7-10-28-22)16(3)17-13-29-31(14-17)18(6-9-25)8-11-30(5-2)23-20(12-26)21(24)15-32-23;1-3-2/h4,7,10,13-15,18H,1,5-6,8,11H2,2-3H3,(H,27,28);3H2,1-2H3/b19-16+;. The van der Waals surface area contributed by atoms with Crippen LogP contribution in [0.2, 0.25) is 5.02 Å². The minimum absolute atomic E-state index is 0.0832. The van der Waals surface area contributed by atoms with Gasteiger partial charge in [-0.25, -0.2) is 4.99 Å². The van der Waals surface area contributed by atoms with Crippen molar-refractivity contribution in [1.82, 2.24) is 15.1 Å². The highest BCUT2D eigenvalue weighted by Gasteiger charge is 2.20. The molecule has 0 aliphatic carbocycles. The van der Waals surface area contributed by atoms with E-state index in [4.69, 9.17) is 11.6 Å². The molecular formula is C26H32ClN7S. The van der Waals surface area contributed by atoms with Gasteiger partial charge in [-0.15, -0.1) is 11.3 Å². The summed E-state index contributed by atoms with van der Waals surface area (Å²) in [6.45, 7) is 13.4. The molecule has 2 aromatic rings. The quantitative estimate of drug-likeness (QED) is 0.406. The molecule has 184 valence electrons. The van der Waals surface area contributed by atoms with Gasteiger partial charge >= 0.3 is 0 Å². The Labute approximate surface area is 217 Å². The Kier molecular flexibility index (Phi) is 11.3. The van der Waals surface area contributed by atoms with Crippen molar-refractivity contribution in [2.24, 2.45) is 4.99 Å². The molecule has 1 aliphatic rings. The third-order valence-corrected chi connectivity index (χ3v) is 6.78. The minimum Gasteiger partial charge on any atom is -0.363 e. The summed E-state index contributed by atoms with van der Waals surface area (Å²) in [6, 6.07) is 4.39. The van der Waals surface area contributed by atoms with Gasteiger partial charge < -0.3 is 10.2 Å². The molecule has 3 rings (SSSR count). The number of allylic oxidation sites excluding steroid dienone is 1. The smallest absolute Gasteiger partial charge is 0.137 e. The van der Waals surface area contributed by atoms with Crippen LogP contribution in [-0.2, 0) is 0 Å². The molecule has 0 saturated carbocycles. The number of nitriles is 2. The van der Waals surface area contributed by atoms with Gasteiger partial charge in [0.1, 0.15) is 22.5 Å². The molecule has 1 atom stereocenters. The normalized spacial score (nSPS) is 14.2. The van der Waals surface area contributed by atoms with E-state index in [1.54, 1.807) is 17.8 Å². The first-order chi connectivity index (χ1) is 16.9. The summed E-state index contributed by atoms with van der Waals surface area (Å²) in [4.78, 5) is 6.45. The maximum atomic E-state index is 9.43. The Hall–Kier alpha value is -3.33. The second kappa shape index (κ2) is 14.2. The predicted molar refractivity (Wildman–Crippen MR) is 147 cm³/mol. The van der Waals surface area contributed by atoms with Gasteiger partial charge in [-0.2, -0.15) is 15.6 Å². The Bertz CT molecular complexity index is 1170. The summed E-state index contributed by atoms with van der Waals surface area (Å²) in [5, 5.41) is 29.6. The zero-order valence-electron chi connectivity index (χ0n) is 20.8. The Morgan fingerprint density at radius 3 is 2.74 bits per heavy atom. The van der Waals surface area contributed by atoms with Crippen LogP contribution in [-0.4, -0.2) is 28.7 Å². The number of aliphatic imine (C=N–C) groups is 1. The van der Waals surface area contributed by atoms with Gasteiger partial charge in [0.05, 0.1) is 29.8 Å². The summed E-state index contributed by atoms with van der Waals surface area (Å²) >= 11 is 7.62. The third-order valence-electron chi connectivity index (χ3n) is 5.32. The van der Waals surface area contributed by atoms with E-state index in [9.17, 15) is 10.5 Å². The van der Waals surface area contributed by atoms with Gasteiger partial charge in [0.2, 0.25) is 0 Å². The maximum absolute atomic E-state index is 9.43. The molecule has 2 aromatic heterocycles. The first-order valence-electron chi connectivity index (χ1n) is 11.6. The molecule has 35 heavy (non-hydrogen) atoms. The predicted octanol–water partition coefficient (Wildman–Crippen LogP) is 6.69. The fourth-order valence-electron chi connectivity index (χ4n) is 3.54. The van der Waals surface area contributed by atoms with E-state index in [0.717, 1.165) is 34.1 Å². The van der Waals surface area contributed by atoms with Crippen LogP contribution < -0.4 is 10.2 Å². The van der Waals surface area contributed by atoms with E-state index in [1.165, 1.54) is 17.8 Å². The molecule has 7 nitrogen and oxygen atoms in total. The molecule has 0 bridgehead atoms. The van der Waals surface area contributed by atoms with E-state index >= 15 is 0 Å². The highest BCUT2D eigenvalue weighted by molar-refractivity contribution is 7.15. The lowest BCUT2D eigenvalue weighted by Crippen LogP contribution is -2.26. The van der Waals surface area contributed by atoms with Crippen molar-refractivity contribution in [1.29, 1.82) is 10.5 Å². The molecule has 0 amide bonds. The number of amidine groups is 1. The van der Waals surface area contributed by atoms with Crippen LogP contribution in [0.5, 0.6) is 0 Å². The van der Waals surface area contributed by atoms with Gasteiger partial charge in [0.25, 0.3) is 0 Å². The first-order valence-corrected chi connectivity index (χ1v) is 12.9. The van der Waals surface area contributed by atoms with Crippen LogP contribution in [0.25, 0.3) is 5.57 Å². The van der Waals surface area contributed by atoms with Crippen LogP contribution in [0.4, 0.5) is 5.00 Å². The van der Waals surface area contributed by atoms with Crippen molar-refractivity contribution < 1.29 is 0 Å². The van der Waals surface area contributed by atoms with Crippen LogP contribution in [0.3, 0.4) is 0 Å². The Morgan fingerprint density at radius 2 is 2.11 bits per heavy atom. The third kappa shape index (κ3) is 7.08. The lowest BCUT2D eigenvalue weighted by molar-refractivity contribution is 0.432. The number of aromatic nitrogens is 2. The topological polar surface area (TPSA) is 93.0 Å². The van der Waals surface area contributed by atoms with Crippen molar-refractivity contribution in [3.63, 3.8) is 0 Å². The van der Waals surface area contributed by atoms with Gasteiger partial charge in [0, 0.05) is 42.0 Å². The second-order valence-electron chi connectivity index (χ2n) is 7.86. The van der Waals surface area contributed by atoms with Gasteiger partial charge in [-0.3, -0.25) is 4.68 Å². The fourth-order valence-corrected chi connectivity index (χ4v) is 4.84. The average molecular weight is 510 g/mol. The lowest BCUT2D eigenvalue weighted by Gasteiger charge is -2.24. The number of nitrogens with one attached hydrogen (secondary N) is 1. The summed E-state index contributed by atoms with van der Waals surface area (Å²) in [7, 11) is 0. The van der Waals surface area contributed by atoms with E-state index in [2.05, 4.69) is 52.9 Å². The Morgan fingerprint density at radius 1 is 1.37 bits per heavy atom. The van der Waals surface area contributed by atoms with Gasteiger partial charge in [-0.1, -0.05) is 38.4 Å². The number of nitrogens with zero attached hydrogens (tertiary/aromatic N) is 6. The van der Waals surface area contributed by atoms with E-state index < -0.39 is 0 Å². The number of thiophene rings is 1. The Balaban J connectivity index is 0.00000137. The molecule has 9 heteroatoms. The molecule has 3 heterocycles. The van der Waals surface area contributed by atoms with Crippen molar-refractivity contribution in [3.05, 3.63) is 64.6 Å². The van der Waals surface area contributed by atoms with Gasteiger partial charge in [0.15, 0.2) is 0 Å². The minimum atomic E-state index is -0.0832. The average Bonchev–Trinajstić information content (AvgIpc) is 3.59. The summed E-state index contributed by atoms with van der Waals surface area (Å²) in [5.74, 6) is 0.750. The first kappa shape index (κ1) is 27.9. The van der Waals surface area contributed by atoms with Crippen LogP contribution >= 0.6 is 22.9 Å². The van der Waals surface area contributed by atoms with Gasteiger partial charge in [-0.05, 0) is 38.1 Å². The summed E-state index contributed by atoms with van der Waals surface area (Å²) in [5.41, 5.74) is 3.50. The van der Waals surface area contributed by atoms with Crippen molar-refractivity contribution >= 4 is 39.3 Å². The summed E-state index contributed by atoms with van der Waals surface area (Å²) < 4.78 is 1.86. The number of hydrogen-bond donors (Lipinski definition) is 1. The molecule has 0 fully saturated rings. The molecule has 0 aromatic carbocycles. The molecule has 1 N–H and O–H groups in total. The highest BCUT2D eigenvalue weighted by Crippen LogP contribution is 2.35. The SMILES string of the molecule is C=CNC1=NC=C/C1=C(/C)c1cnn(C(CC#N)CCN(CC)c2scc(Cl)c2C#N)c1.CCC. The van der Waals surface area contributed by atoms with Crippen molar-refractivity contribution in [2.45, 2.75) is 53.0 Å². The summed E-state index contributed by atoms with van der Waals surface area (Å²) in [6.07, 6.45) is 11.4. The van der Waals surface area contributed by atoms with E-state index in [0.29, 0.717) is 30.0 Å². The molecule has 0 radical (unpaired) electrons. The number of hydrogen-bond acceptors (Lipinski definition) is 7. The zero-order chi connectivity index (χ0) is 25.8. The van der Waals surface area contributed by atoms with Crippen LogP contribution in [0.1, 0.15) is 64.1 Å². The fraction of sp³-hybridized carbons (Fsp3) is 0.385. The number of rotatable bonds is 9. The number of anilines is 1. The molecule has 0 saturated heterocycles. The van der Waals surface area contributed by atoms with Crippen LogP contribution in [0, 0.1) is 22.7 Å². The maximum Gasteiger partial charge on any atom is 0.137 e. The molecule has 0 spiro atoms. The van der Waals surface area contributed by atoms with Crippen LogP contribution in [0.15, 0.2) is 53.4 Å².